The van der Waals surface area contributed by atoms with E-state index in [-0.39, 0.29) is 6.79 Å². The Morgan fingerprint density at radius 1 is 1.15 bits per heavy atom. The van der Waals surface area contributed by atoms with Crippen LogP contribution in [0.25, 0.3) is 11.4 Å². The standard InChI is InChI=1S/C19H18BrN3O3S/c1-3-23-18(12-4-6-14(24-2)7-5-12)21-22-19(23)27-10-13-8-16-17(9-15(13)20)26-11-25-16/h4-9H,3,10-11H2,1-2H3. The SMILES string of the molecule is CCn1c(SCc2cc3c(cc2Br)OCO3)nnc1-c1ccc(OC)cc1. The van der Waals surface area contributed by atoms with Crippen LogP contribution in [-0.2, 0) is 12.3 Å². The van der Waals surface area contributed by atoms with Gasteiger partial charge >= 0.3 is 0 Å². The molecule has 0 atom stereocenters. The highest BCUT2D eigenvalue weighted by Crippen LogP contribution is 2.39. The number of halogens is 1. The zero-order valence-corrected chi connectivity index (χ0v) is 17.3. The maximum absolute atomic E-state index is 5.48. The van der Waals surface area contributed by atoms with E-state index in [2.05, 4.69) is 37.6 Å². The van der Waals surface area contributed by atoms with Crippen molar-refractivity contribution in [3.05, 3.63) is 46.4 Å². The second-order valence-electron chi connectivity index (χ2n) is 5.86. The number of rotatable bonds is 6. The van der Waals surface area contributed by atoms with Gasteiger partial charge in [0.25, 0.3) is 0 Å². The summed E-state index contributed by atoms with van der Waals surface area (Å²) in [6.07, 6.45) is 0. The number of nitrogens with zero attached hydrogens (tertiary/aromatic N) is 3. The maximum Gasteiger partial charge on any atom is 0.231 e. The first-order chi connectivity index (χ1) is 13.2. The lowest BCUT2D eigenvalue weighted by Crippen LogP contribution is -2.00. The molecule has 8 heteroatoms. The molecule has 0 unspecified atom stereocenters. The molecule has 27 heavy (non-hydrogen) atoms. The Labute approximate surface area is 170 Å². The summed E-state index contributed by atoms with van der Waals surface area (Å²) >= 11 is 5.26. The topological polar surface area (TPSA) is 58.4 Å². The van der Waals surface area contributed by atoms with Crippen molar-refractivity contribution < 1.29 is 14.2 Å². The van der Waals surface area contributed by atoms with Gasteiger partial charge in [-0.3, -0.25) is 0 Å². The van der Waals surface area contributed by atoms with Crippen molar-refractivity contribution in [3.63, 3.8) is 0 Å². The molecule has 0 N–H and O–H groups in total. The molecule has 2 aromatic carbocycles. The lowest BCUT2D eigenvalue weighted by atomic mass is 10.2. The highest BCUT2D eigenvalue weighted by Gasteiger charge is 2.18. The van der Waals surface area contributed by atoms with Crippen molar-refractivity contribution in [3.8, 4) is 28.6 Å². The second kappa shape index (κ2) is 7.82. The van der Waals surface area contributed by atoms with Gasteiger partial charge in [0.15, 0.2) is 22.5 Å². The summed E-state index contributed by atoms with van der Waals surface area (Å²) in [7, 11) is 1.66. The summed E-state index contributed by atoms with van der Waals surface area (Å²) in [5.41, 5.74) is 2.14. The van der Waals surface area contributed by atoms with Gasteiger partial charge in [-0.05, 0) is 48.9 Å². The smallest absolute Gasteiger partial charge is 0.231 e. The molecule has 140 valence electrons. The predicted octanol–water partition coefficient (Wildman–Crippen LogP) is 4.76. The van der Waals surface area contributed by atoms with Gasteiger partial charge in [0.2, 0.25) is 6.79 Å². The molecule has 1 aliphatic rings. The fourth-order valence-electron chi connectivity index (χ4n) is 2.85. The van der Waals surface area contributed by atoms with E-state index in [1.807, 2.05) is 36.4 Å². The van der Waals surface area contributed by atoms with Crippen LogP contribution in [0.4, 0.5) is 0 Å². The molecule has 1 aromatic heterocycles. The van der Waals surface area contributed by atoms with Crippen molar-refractivity contribution in [1.82, 2.24) is 14.8 Å². The monoisotopic (exact) mass is 447 g/mol. The summed E-state index contributed by atoms with van der Waals surface area (Å²) in [6, 6.07) is 11.8. The highest BCUT2D eigenvalue weighted by molar-refractivity contribution is 9.10. The molecule has 6 nitrogen and oxygen atoms in total. The van der Waals surface area contributed by atoms with E-state index in [0.29, 0.717) is 0 Å². The number of thioether (sulfide) groups is 1. The second-order valence-corrected chi connectivity index (χ2v) is 7.66. The number of hydrogen-bond donors (Lipinski definition) is 0. The van der Waals surface area contributed by atoms with Crippen LogP contribution < -0.4 is 14.2 Å². The Morgan fingerprint density at radius 2 is 1.89 bits per heavy atom. The largest absolute Gasteiger partial charge is 0.497 e. The van der Waals surface area contributed by atoms with Crippen molar-refractivity contribution in [2.75, 3.05) is 13.9 Å². The van der Waals surface area contributed by atoms with E-state index in [1.165, 1.54) is 0 Å². The molecule has 0 spiro atoms. The van der Waals surface area contributed by atoms with Gasteiger partial charge in [-0.2, -0.15) is 0 Å². The molecule has 0 saturated carbocycles. The number of benzene rings is 2. The lowest BCUT2D eigenvalue weighted by molar-refractivity contribution is 0.174. The molecular weight excluding hydrogens is 430 g/mol. The number of fused-ring (bicyclic) bond motifs is 1. The fourth-order valence-corrected chi connectivity index (χ4v) is 4.49. The zero-order valence-electron chi connectivity index (χ0n) is 14.9. The number of methoxy groups -OCH3 is 1. The molecule has 0 aliphatic carbocycles. The fraction of sp³-hybridized carbons (Fsp3) is 0.263. The van der Waals surface area contributed by atoms with E-state index in [4.69, 9.17) is 14.2 Å². The first-order valence-corrected chi connectivity index (χ1v) is 10.3. The normalized spacial score (nSPS) is 12.4. The van der Waals surface area contributed by atoms with E-state index < -0.39 is 0 Å². The zero-order chi connectivity index (χ0) is 18.8. The van der Waals surface area contributed by atoms with Gasteiger partial charge in [-0.15, -0.1) is 10.2 Å². The molecule has 0 amide bonds. The van der Waals surface area contributed by atoms with Crippen LogP contribution in [0.2, 0.25) is 0 Å². The molecule has 0 saturated heterocycles. The molecule has 2 heterocycles. The van der Waals surface area contributed by atoms with Crippen LogP contribution in [0.15, 0.2) is 46.0 Å². The first kappa shape index (κ1) is 18.2. The Balaban J connectivity index is 1.55. The van der Waals surface area contributed by atoms with Gasteiger partial charge < -0.3 is 18.8 Å². The molecule has 4 rings (SSSR count). The lowest BCUT2D eigenvalue weighted by Gasteiger charge is -2.09. The minimum Gasteiger partial charge on any atom is -0.497 e. The summed E-state index contributed by atoms with van der Waals surface area (Å²) in [4.78, 5) is 0. The Hall–Kier alpha value is -2.19. The van der Waals surface area contributed by atoms with Crippen LogP contribution in [0.3, 0.4) is 0 Å². The van der Waals surface area contributed by atoms with Crippen LogP contribution in [0, 0.1) is 0 Å². The summed E-state index contributed by atoms with van der Waals surface area (Å²) in [6.45, 7) is 3.16. The Morgan fingerprint density at radius 3 is 2.59 bits per heavy atom. The number of hydrogen-bond acceptors (Lipinski definition) is 6. The van der Waals surface area contributed by atoms with Gasteiger partial charge in [-0.25, -0.2) is 0 Å². The average Bonchev–Trinajstić information content (AvgIpc) is 3.32. The predicted molar refractivity (Wildman–Crippen MR) is 108 cm³/mol. The van der Waals surface area contributed by atoms with Crippen LogP contribution in [-0.4, -0.2) is 28.7 Å². The maximum atomic E-state index is 5.48. The van der Waals surface area contributed by atoms with Gasteiger partial charge in [0, 0.05) is 22.3 Å². The van der Waals surface area contributed by atoms with Gasteiger partial charge in [0.05, 0.1) is 7.11 Å². The van der Waals surface area contributed by atoms with Crippen molar-refractivity contribution in [1.29, 1.82) is 0 Å². The molecule has 0 radical (unpaired) electrons. The van der Waals surface area contributed by atoms with E-state index in [0.717, 1.165) is 56.1 Å². The van der Waals surface area contributed by atoms with Crippen molar-refractivity contribution in [2.45, 2.75) is 24.4 Å². The van der Waals surface area contributed by atoms with Crippen LogP contribution >= 0.6 is 27.7 Å². The minimum absolute atomic E-state index is 0.272. The minimum atomic E-state index is 0.272. The quantitative estimate of drug-likeness (QED) is 0.507. The molecule has 0 bridgehead atoms. The summed E-state index contributed by atoms with van der Waals surface area (Å²) in [5, 5.41) is 9.68. The van der Waals surface area contributed by atoms with Crippen LogP contribution in [0.5, 0.6) is 17.2 Å². The van der Waals surface area contributed by atoms with E-state index >= 15 is 0 Å². The third kappa shape index (κ3) is 3.64. The Bertz CT molecular complexity index is 960. The first-order valence-electron chi connectivity index (χ1n) is 8.48. The summed E-state index contributed by atoms with van der Waals surface area (Å²) in [5.74, 6) is 3.98. The van der Waals surface area contributed by atoms with E-state index in [9.17, 15) is 0 Å². The van der Waals surface area contributed by atoms with Gasteiger partial charge in [-0.1, -0.05) is 27.7 Å². The third-order valence-electron chi connectivity index (χ3n) is 4.28. The van der Waals surface area contributed by atoms with E-state index in [1.54, 1.807) is 18.9 Å². The highest BCUT2D eigenvalue weighted by atomic mass is 79.9. The molecule has 3 aromatic rings. The van der Waals surface area contributed by atoms with Crippen LogP contribution in [0.1, 0.15) is 12.5 Å². The molecule has 0 fully saturated rings. The number of ether oxygens (including phenoxy) is 3. The Kier molecular flexibility index (Phi) is 5.27. The number of aromatic nitrogens is 3. The average molecular weight is 448 g/mol. The summed E-state index contributed by atoms with van der Waals surface area (Å²) < 4.78 is 19.2. The third-order valence-corrected chi connectivity index (χ3v) is 6.03. The van der Waals surface area contributed by atoms with Crippen molar-refractivity contribution >= 4 is 27.7 Å². The molecular formula is C19H18BrN3O3S. The molecule has 1 aliphatic heterocycles. The van der Waals surface area contributed by atoms with Crippen molar-refractivity contribution in [2.24, 2.45) is 0 Å². The van der Waals surface area contributed by atoms with Gasteiger partial charge in [0.1, 0.15) is 5.75 Å².